The lowest BCUT2D eigenvalue weighted by Crippen LogP contribution is -2.14. The van der Waals surface area contributed by atoms with Crippen molar-refractivity contribution < 1.29 is 14.3 Å². The minimum atomic E-state index is -0.591. The predicted molar refractivity (Wildman–Crippen MR) is 78.3 cm³/mol. The lowest BCUT2D eigenvalue weighted by atomic mass is 10.1. The number of hydrogen-bond acceptors (Lipinski definition) is 4. The second kappa shape index (κ2) is 6.21. The Hall–Kier alpha value is -2.63. The Balaban J connectivity index is 2.20. The van der Waals surface area contributed by atoms with Gasteiger partial charge < -0.3 is 10.1 Å². The average Bonchev–Trinajstić information content (AvgIpc) is 2.87. The Morgan fingerprint density at radius 2 is 1.95 bits per heavy atom. The summed E-state index contributed by atoms with van der Waals surface area (Å²) in [5.41, 5.74) is 2.09. The van der Waals surface area contributed by atoms with Crippen molar-refractivity contribution in [1.29, 1.82) is 0 Å². The first-order valence-electron chi connectivity index (χ1n) is 6.57. The van der Waals surface area contributed by atoms with E-state index < -0.39 is 5.97 Å². The van der Waals surface area contributed by atoms with Gasteiger partial charge in [-0.15, -0.1) is 0 Å². The minimum Gasteiger partial charge on any atom is -0.464 e. The van der Waals surface area contributed by atoms with E-state index in [9.17, 15) is 9.59 Å². The van der Waals surface area contributed by atoms with Crippen molar-refractivity contribution >= 4 is 17.6 Å². The Bertz CT molecular complexity index is 659. The molecule has 0 atom stereocenters. The van der Waals surface area contributed by atoms with Crippen LogP contribution in [0.4, 0.5) is 5.69 Å². The van der Waals surface area contributed by atoms with Gasteiger partial charge in [0.05, 0.1) is 12.8 Å². The fourth-order valence-corrected chi connectivity index (χ4v) is 1.91. The van der Waals surface area contributed by atoms with Crippen LogP contribution in [0.15, 0.2) is 30.5 Å². The second-order valence-electron chi connectivity index (χ2n) is 4.56. The lowest BCUT2D eigenvalue weighted by molar-refractivity contribution is 0.0594. The normalized spacial score (nSPS) is 10.2. The van der Waals surface area contributed by atoms with Crippen LogP contribution in [0.3, 0.4) is 0 Å². The van der Waals surface area contributed by atoms with Crippen LogP contribution in [0.1, 0.15) is 33.3 Å². The molecular formula is C15H17N3O3. The average molecular weight is 287 g/mol. The van der Waals surface area contributed by atoms with Gasteiger partial charge in [0.2, 0.25) is 0 Å². The third kappa shape index (κ3) is 3.28. The summed E-state index contributed by atoms with van der Waals surface area (Å²) in [6.45, 7) is 2.05. The van der Waals surface area contributed by atoms with E-state index >= 15 is 0 Å². The third-order valence-electron chi connectivity index (χ3n) is 3.08. The van der Waals surface area contributed by atoms with Crippen molar-refractivity contribution in [2.75, 3.05) is 12.4 Å². The number of rotatable bonds is 4. The maximum atomic E-state index is 12.2. The lowest BCUT2D eigenvalue weighted by Gasteiger charge is -2.05. The molecule has 0 aliphatic rings. The first-order valence-corrected chi connectivity index (χ1v) is 6.57. The summed E-state index contributed by atoms with van der Waals surface area (Å²) >= 11 is 0. The van der Waals surface area contributed by atoms with E-state index in [4.69, 9.17) is 0 Å². The molecule has 2 rings (SSSR count). The summed E-state index contributed by atoms with van der Waals surface area (Å²) in [4.78, 5) is 23.8. The van der Waals surface area contributed by atoms with Crippen LogP contribution < -0.4 is 5.32 Å². The van der Waals surface area contributed by atoms with Gasteiger partial charge in [0.1, 0.15) is 0 Å². The van der Waals surface area contributed by atoms with Crippen molar-refractivity contribution in [2.45, 2.75) is 13.3 Å². The van der Waals surface area contributed by atoms with Gasteiger partial charge in [-0.2, -0.15) is 5.10 Å². The fourth-order valence-electron chi connectivity index (χ4n) is 1.91. The fraction of sp³-hybridized carbons (Fsp3) is 0.267. The molecule has 1 heterocycles. The molecule has 0 spiro atoms. The Labute approximate surface area is 122 Å². The summed E-state index contributed by atoms with van der Waals surface area (Å²) in [6, 6.07) is 7.31. The highest BCUT2D eigenvalue weighted by atomic mass is 16.5. The van der Waals surface area contributed by atoms with E-state index in [1.165, 1.54) is 11.8 Å². The molecule has 110 valence electrons. The van der Waals surface area contributed by atoms with E-state index in [0.717, 1.165) is 12.0 Å². The number of methoxy groups -OCH3 is 1. The molecule has 1 N–H and O–H groups in total. The van der Waals surface area contributed by atoms with Gasteiger partial charge in [0.25, 0.3) is 5.91 Å². The molecule has 0 saturated carbocycles. The highest BCUT2D eigenvalue weighted by Gasteiger charge is 2.18. The zero-order chi connectivity index (χ0) is 15.4. The molecule has 0 saturated heterocycles. The molecule has 0 aliphatic carbocycles. The smallest absolute Gasteiger partial charge is 0.360 e. The summed E-state index contributed by atoms with van der Waals surface area (Å²) in [6.07, 6.45) is 2.47. The van der Waals surface area contributed by atoms with Crippen molar-refractivity contribution in [3.8, 4) is 0 Å². The molecule has 0 radical (unpaired) electrons. The monoisotopic (exact) mass is 287 g/mol. The van der Waals surface area contributed by atoms with E-state index in [1.807, 2.05) is 19.1 Å². The number of esters is 1. The van der Waals surface area contributed by atoms with Crippen molar-refractivity contribution in [2.24, 2.45) is 7.05 Å². The van der Waals surface area contributed by atoms with Crippen molar-refractivity contribution in [3.05, 3.63) is 47.3 Å². The number of nitrogens with one attached hydrogen (secondary N) is 1. The predicted octanol–water partition coefficient (Wildman–Crippen LogP) is 2.02. The standard InChI is InChI=1S/C15H17N3O3/c1-4-10-5-7-11(8-6-10)14(19)16-12-9-18(2)17-13(12)15(20)21-3/h5-9H,4H2,1-3H3,(H,16,19). The highest BCUT2D eigenvalue weighted by molar-refractivity contribution is 6.07. The molecule has 2 aromatic rings. The Kier molecular flexibility index (Phi) is 4.37. The van der Waals surface area contributed by atoms with Crippen LogP contribution in [-0.4, -0.2) is 28.8 Å². The molecule has 6 nitrogen and oxygen atoms in total. The van der Waals surface area contributed by atoms with E-state index in [-0.39, 0.29) is 11.6 Å². The number of carbonyl (C=O) groups excluding carboxylic acids is 2. The number of amides is 1. The van der Waals surface area contributed by atoms with Crippen LogP contribution in [-0.2, 0) is 18.2 Å². The summed E-state index contributed by atoms with van der Waals surface area (Å²) in [5.74, 6) is -0.886. The number of benzene rings is 1. The SMILES string of the molecule is CCc1ccc(C(=O)Nc2cn(C)nc2C(=O)OC)cc1. The van der Waals surface area contributed by atoms with Gasteiger partial charge in [0, 0.05) is 18.8 Å². The van der Waals surface area contributed by atoms with Gasteiger partial charge >= 0.3 is 5.97 Å². The van der Waals surface area contributed by atoms with E-state index in [1.54, 1.807) is 25.4 Å². The topological polar surface area (TPSA) is 73.2 Å². The van der Waals surface area contributed by atoms with E-state index in [2.05, 4.69) is 15.2 Å². The quantitative estimate of drug-likeness (QED) is 0.873. The number of aryl methyl sites for hydroxylation is 2. The zero-order valence-electron chi connectivity index (χ0n) is 12.2. The minimum absolute atomic E-state index is 0.0820. The van der Waals surface area contributed by atoms with Gasteiger partial charge in [-0.1, -0.05) is 19.1 Å². The van der Waals surface area contributed by atoms with Crippen LogP contribution in [0.5, 0.6) is 0 Å². The third-order valence-corrected chi connectivity index (χ3v) is 3.08. The van der Waals surface area contributed by atoms with Gasteiger partial charge in [-0.05, 0) is 24.1 Å². The van der Waals surface area contributed by atoms with Gasteiger partial charge in [0.15, 0.2) is 5.69 Å². The number of nitrogens with zero attached hydrogens (tertiary/aromatic N) is 2. The maximum absolute atomic E-state index is 12.2. The molecule has 21 heavy (non-hydrogen) atoms. The van der Waals surface area contributed by atoms with E-state index in [0.29, 0.717) is 11.3 Å². The highest BCUT2D eigenvalue weighted by Crippen LogP contribution is 2.16. The van der Waals surface area contributed by atoms with Crippen LogP contribution in [0.2, 0.25) is 0 Å². The number of carbonyl (C=O) groups is 2. The second-order valence-corrected chi connectivity index (χ2v) is 4.56. The van der Waals surface area contributed by atoms with Gasteiger partial charge in [-0.25, -0.2) is 4.79 Å². The zero-order valence-corrected chi connectivity index (χ0v) is 12.2. The first kappa shape index (κ1) is 14.8. The molecule has 1 aromatic heterocycles. The van der Waals surface area contributed by atoms with Crippen LogP contribution in [0, 0.1) is 0 Å². The molecule has 1 aromatic carbocycles. The number of anilines is 1. The molecule has 0 unspecified atom stereocenters. The molecule has 0 bridgehead atoms. The molecule has 0 aliphatic heterocycles. The summed E-state index contributed by atoms with van der Waals surface area (Å²) < 4.78 is 6.09. The molecule has 0 fully saturated rings. The van der Waals surface area contributed by atoms with Crippen molar-refractivity contribution in [3.63, 3.8) is 0 Å². The Morgan fingerprint density at radius 1 is 1.29 bits per heavy atom. The molecular weight excluding hydrogens is 270 g/mol. The van der Waals surface area contributed by atoms with Crippen LogP contribution >= 0.6 is 0 Å². The number of hydrogen-bond donors (Lipinski definition) is 1. The number of aromatic nitrogens is 2. The van der Waals surface area contributed by atoms with Crippen molar-refractivity contribution in [1.82, 2.24) is 9.78 Å². The van der Waals surface area contributed by atoms with Gasteiger partial charge in [-0.3, -0.25) is 9.48 Å². The summed E-state index contributed by atoms with van der Waals surface area (Å²) in [5, 5.41) is 6.66. The number of ether oxygens (including phenoxy) is 1. The largest absolute Gasteiger partial charge is 0.464 e. The summed E-state index contributed by atoms with van der Waals surface area (Å²) in [7, 11) is 2.93. The molecule has 1 amide bonds. The Morgan fingerprint density at radius 3 is 2.52 bits per heavy atom. The maximum Gasteiger partial charge on any atom is 0.360 e. The molecule has 6 heteroatoms. The van der Waals surface area contributed by atoms with Crippen LogP contribution in [0.25, 0.3) is 0 Å². The first-order chi connectivity index (χ1) is 10.0.